The molecule has 1 aromatic rings. The van der Waals surface area contributed by atoms with Crippen LogP contribution in [0.3, 0.4) is 0 Å². The number of rotatable bonds is 3. The summed E-state index contributed by atoms with van der Waals surface area (Å²) in [6.45, 7) is 2.23. The molecular weight excluding hydrogens is 332 g/mol. The lowest BCUT2D eigenvalue weighted by molar-refractivity contribution is -0.144. The van der Waals surface area contributed by atoms with Gasteiger partial charge in [0.15, 0.2) is 9.84 Å². The van der Waals surface area contributed by atoms with Crippen molar-refractivity contribution in [1.82, 2.24) is 9.80 Å². The van der Waals surface area contributed by atoms with E-state index >= 15 is 0 Å². The van der Waals surface area contributed by atoms with Crippen molar-refractivity contribution in [3.8, 4) is 0 Å². The van der Waals surface area contributed by atoms with Crippen molar-refractivity contribution < 1.29 is 13.2 Å². The summed E-state index contributed by atoms with van der Waals surface area (Å²) < 4.78 is 24.4. The van der Waals surface area contributed by atoms with Gasteiger partial charge in [-0.15, -0.1) is 11.3 Å². The Balaban J connectivity index is 1.55. The Kier molecular flexibility index (Phi) is 3.98. The Labute approximate surface area is 141 Å². The molecule has 3 heterocycles. The van der Waals surface area contributed by atoms with E-state index in [0.29, 0.717) is 6.54 Å². The molecular formula is C16H22N2O3S2. The quantitative estimate of drug-likeness (QED) is 0.822. The van der Waals surface area contributed by atoms with Gasteiger partial charge in [-0.05, 0) is 24.3 Å². The third kappa shape index (κ3) is 2.94. The van der Waals surface area contributed by atoms with E-state index < -0.39 is 9.84 Å². The van der Waals surface area contributed by atoms with E-state index in [4.69, 9.17) is 0 Å². The minimum Gasteiger partial charge on any atom is -0.336 e. The lowest BCUT2D eigenvalue weighted by Gasteiger charge is -2.45. The molecule has 2 atom stereocenters. The molecule has 1 aliphatic carbocycles. The summed E-state index contributed by atoms with van der Waals surface area (Å²) in [7, 11) is -3.05. The zero-order valence-electron chi connectivity index (χ0n) is 13.1. The smallest absolute Gasteiger partial charge is 0.226 e. The highest BCUT2D eigenvalue weighted by Crippen LogP contribution is 2.34. The Bertz CT molecular complexity index is 682. The zero-order valence-corrected chi connectivity index (χ0v) is 14.7. The first-order valence-corrected chi connectivity index (χ1v) is 11.0. The molecule has 3 aliphatic rings. The fourth-order valence-electron chi connectivity index (χ4n) is 3.99. The summed E-state index contributed by atoms with van der Waals surface area (Å²) in [6, 6.07) is 3.93. The first kappa shape index (κ1) is 15.6. The van der Waals surface area contributed by atoms with E-state index in [1.54, 1.807) is 11.3 Å². The standard InChI is InChI=1S/C16H22N2O3S2/c19-16(12-3-1-4-12)18-7-6-17(9-13-5-2-8-22-13)14-10-23(20,21)11-15(14)18/h2,5,8,12,14-15H,1,3-4,6-7,9-11H2/t14-,15+/m1/s1. The molecule has 0 spiro atoms. The normalized spacial score (nSPS) is 30.9. The van der Waals surface area contributed by atoms with E-state index in [0.717, 1.165) is 32.4 Å². The van der Waals surface area contributed by atoms with Crippen molar-refractivity contribution in [2.75, 3.05) is 24.6 Å². The Morgan fingerprint density at radius 3 is 2.65 bits per heavy atom. The van der Waals surface area contributed by atoms with Crippen molar-refractivity contribution in [1.29, 1.82) is 0 Å². The van der Waals surface area contributed by atoms with E-state index in [-0.39, 0.29) is 35.4 Å². The largest absolute Gasteiger partial charge is 0.336 e. The molecule has 0 radical (unpaired) electrons. The average Bonchev–Trinajstić information content (AvgIpc) is 3.03. The maximum atomic E-state index is 12.7. The van der Waals surface area contributed by atoms with E-state index in [1.165, 1.54) is 4.88 Å². The predicted octanol–water partition coefficient (Wildman–Crippen LogP) is 1.36. The monoisotopic (exact) mass is 354 g/mol. The number of piperazine rings is 1. The lowest BCUT2D eigenvalue weighted by Crippen LogP contribution is -2.61. The molecule has 1 aromatic heterocycles. The van der Waals surface area contributed by atoms with Gasteiger partial charge in [0, 0.05) is 36.5 Å². The number of nitrogens with zero attached hydrogens (tertiary/aromatic N) is 2. The van der Waals surface area contributed by atoms with Crippen LogP contribution >= 0.6 is 11.3 Å². The molecule has 126 valence electrons. The first-order chi connectivity index (χ1) is 11.0. The van der Waals surface area contributed by atoms with E-state index in [9.17, 15) is 13.2 Å². The Hall–Kier alpha value is -0.920. The van der Waals surface area contributed by atoms with Gasteiger partial charge in [-0.1, -0.05) is 12.5 Å². The van der Waals surface area contributed by atoms with Crippen LogP contribution in [0.5, 0.6) is 0 Å². The molecule has 3 fully saturated rings. The second-order valence-electron chi connectivity index (χ2n) is 6.92. The van der Waals surface area contributed by atoms with Gasteiger partial charge in [0.05, 0.1) is 17.5 Å². The van der Waals surface area contributed by atoms with Gasteiger partial charge in [-0.2, -0.15) is 0 Å². The summed E-state index contributed by atoms with van der Waals surface area (Å²) in [4.78, 5) is 18.1. The highest BCUT2D eigenvalue weighted by molar-refractivity contribution is 7.91. The molecule has 0 N–H and O–H groups in total. The minimum absolute atomic E-state index is 0.0418. The molecule has 23 heavy (non-hydrogen) atoms. The highest BCUT2D eigenvalue weighted by Gasteiger charge is 2.49. The molecule has 7 heteroatoms. The van der Waals surface area contributed by atoms with Crippen LogP contribution in [0.2, 0.25) is 0 Å². The molecule has 2 aliphatic heterocycles. The average molecular weight is 354 g/mol. The number of sulfone groups is 1. The van der Waals surface area contributed by atoms with E-state index in [2.05, 4.69) is 16.3 Å². The summed E-state index contributed by atoms with van der Waals surface area (Å²) >= 11 is 1.70. The molecule has 1 amide bonds. The van der Waals surface area contributed by atoms with Gasteiger partial charge in [0.25, 0.3) is 0 Å². The fourth-order valence-corrected chi connectivity index (χ4v) is 6.73. The molecule has 5 nitrogen and oxygen atoms in total. The number of carbonyl (C=O) groups excluding carboxylic acids is 1. The van der Waals surface area contributed by atoms with Crippen LogP contribution in [0.1, 0.15) is 24.1 Å². The van der Waals surface area contributed by atoms with Crippen LogP contribution < -0.4 is 0 Å². The zero-order chi connectivity index (χ0) is 16.0. The maximum absolute atomic E-state index is 12.7. The van der Waals surface area contributed by atoms with Crippen molar-refractivity contribution in [3.63, 3.8) is 0 Å². The first-order valence-electron chi connectivity index (χ1n) is 8.31. The van der Waals surface area contributed by atoms with Crippen LogP contribution in [0.4, 0.5) is 0 Å². The van der Waals surface area contributed by atoms with Crippen molar-refractivity contribution in [2.45, 2.75) is 37.9 Å². The second-order valence-corrected chi connectivity index (χ2v) is 10.1. The maximum Gasteiger partial charge on any atom is 0.226 e. The number of carbonyl (C=O) groups is 1. The summed E-state index contributed by atoms with van der Waals surface area (Å²) in [5.74, 6) is 0.663. The van der Waals surface area contributed by atoms with Crippen LogP contribution in [-0.2, 0) is 21.2 Å². The van der Waals surface area contributed by atoms with Crippen molar-refractivity contribution in [2.24, 2.45) is 5.92 Å². The molecule has 0 aromatic carbocycles. The molecule has 0 bridgehead atoms. The van der Waals surface area contributed by atoms with Crippen LogP contribution in [0.15, 0.2) is 17.5 Å². The van der Waals surface area contributed by atoms with Gasteiger partial charge >= 0.3 is 0 Å². The van der Waals surface area contributed by atoms with Gasteiger partial charge in [-0.25, -0.2) is 8.42 Å². The third-order valence-electron chi connectivity index (χ3n) is 5.47. The number of thiophene rings is 1. The van der Waals surface area contributed by atoms with E-state index in [1.807, 2.05) is 11.0 Å². The number of hydrogen-bond acceptors (Lipinski definition) is 5. The summed E-state index contributed by atoms with van der Waals surface area (Å²) in [5.41, 5.74) is 0. The molecule has 2 saturated heterocycles. The SMILES string of the molecule is O=C(C1CCC1)N1CCN(Cc2cccs2)[C@@H]2CS(=O)(=O)C[C@@H]21. The predicted molar refractivity (Wildman–Crippen MR) is 90.0 cm³/mol. The number of amides is 1. The minimum atomic E-state index is -3.05. The second kappa shape index (κ2) is 5.86. The van der Waals surface area contributed by atoms with Gasteiger partial charge in [0.1, 0.15) is 0 Å². The number of fused-ring (bicyclic) bond motifs is 1. The Morgan fingerprint density at radius 1 is 1.22 bits per heavy atom. The number of hydrogen-bond donors (Lipinski definition) is 0. The fraction of sp³-hybridized carbons (Fsp3) is 0.688. The van der Waals surface area contributed by atoms with Crippen molar-refractivity contribution in [3.05, 3.63) is 22.4 Å². The van der Waals surface area contributed by atoms with Crippen LogP contribution in [0, 0.1) is 5.92 Å². The Morgan fingerprint density at radius 2 is 2.00 bits per heavy atom. The lowest BCUT2D eigenvalue weighted by atomic mass is 9.83. The topological polar surface area (TPSA) is 57.7 Å². The van der Waals surface area contributed by atoms with Crippen LogP contribution in [-0.4, -0.2) is 60.8 Å². The highest BCUT2D eigenvalue weighted by atomic mass is 32.2. The summed E-state index contributed by atoms with van der Waals surface area (Å²) in [6.07, 6.45) is 3.07. The third-order valence-corrected chi connectivity index (χ3v) is 8.03. The van der Waals surface area contributed by atoms with Gasteiger partial charge in [0.2, 0.25) is 5.91 Å². The molecule has 0 unspecified atom stereocenters. The molecule has 4 rings (SSSR count). The summed E-state index contributed by atoms with van der Waals surface area (Å²) in [5, 5.41) is 2.05. The van der Waals surface area contributed by atoms with Gasteiger partial charge < -0.3 is 4.90 Å². The van der Waals surface area contributed by atoms with Crippen LogP contribution in [0.25, 0.3) is 0 Å². The molecule has 1 saturated carbocycles. The van der Waals surface area contributed by atoms with Crippen molar-refractivity contribution >= 4 is 27.1 Å². The van der Waals surface area contributed by atoms with Gasteiger partial charge in [-0.3, -0.25) is 9.69 Å².